The smallest absolute Gasteiger partial charge is 0.306 e. The number of esters is 1. The first-order valence-corrected chi connectivity index (χ1v) is 33.4. The van der Waals surface area contributed by atoms with Gasteiger partial charge < -0.3 is 45.1 Å². The molecule has 1 aliphatic rings. The van der Waals surface area contributed by atoms with Crippen molar-refractivity contribution in [2.45, 2.75) is 359 Å². The lowest BCUT2D eigenvalue weighted by molar-refractivity contribution is -0.305. The molecular weight excluding hydrogens is 991 g/mol. The third-order valence-corrected chi connectivity index (χ3v) is 15.7. The van der Waals surface area contributed by atoms with E-state index in [0.29, 0.717) is 12.8 Å². The van der Waals surface area contributed by atoms with Crippen LogP contribution in [0.25, 0.3) is 0 Å². The molecule has 0 spiro atoms. The van der Waals surface area contributed by atoms with Crippen molar-refractivity contribution in [1.82, 2.24) is 5.32 Å². The van der Waals surface area contributed by atoms with Gasteiger partial charge in [0, 0.05) is 6.42 Å². The highest BCUT2D eigenvalue weighted by molar-refractivity contribution is 5.80. The second-order valence-corrected chi connectivity index (χ2v) is 23.2. The fourth-order valence-corrected chi connectivity index (χ4v) is 10.4. The van der Waals surface area contributed by atoms with E-state index in [4.69, 9.17) is 14.2 Å². The number of aliphatic hydroxyl groups is 5. The lowest BCUT2D eigenvalue weighted by Crippen LogP contribution is -2.61. The fourth-order valence-electron chi connectivity index (χ4n) is 10.4. The first-order chi connectivity index (χ1) is 38.7. The van der Waals surface area contributed by atoms with E-state index < -0.39 is 67.4 Å². The molecular formula is C68H125NO10. The summed E-state index contributed by atoms with van der Waals surface area (Å²) in [5.74, 6) is -1.19. The molecule has 0 aromatic rings. The molecule has 1 saturated heterocycles. The van der Waals surface area contributed by atoms with Gasteiger partial charge in [-0.15, -0.1) is 0 Å². The molecule has 11 nitrogen and oxygen atoms in total. The largest absolute Gasteiger partial charge is 0.454 e. The normalized spacial score (nSPS) is 19.1. The number of hydrogen-bond acceptors (Lipinski definition) is 10. The predicted octanol–water partition coefficient (Wildman–Crippen LogP) is 16.4. The Balaban J connectivity index is 2.64. The molecule has 0 saturated carbocycles. The second kappa shape index (κ2) is 56.1. The Morgan fingerprint density at radius 3 is 1.33 bits per heavy atom. The van der Waals surface area contributed by atoms with Crippen LogP contribution in [0.2, 0.25) is 0 Å². The van der Waals surface area contributed by atoms with Crippen molar-refractivity contribution in [3.05, 3.63) is 48.6 Å². The maximum atomic E-state index is 13.4. The number of rotatable bonds is 57. The number of amides is 1. The van der Waals surface area contributed by atoms with Crippen molar-refractivity contribution in [3.63, 3.8) is 0 Å². The molecule has 0 bridgehead atoms. The fraction of sp³-hybridized carbons (Fsp3) is 0.853. The van der Waals surface area contributed by atoms with Gasteiger partial charge in [0.1, 0.15) is 24.4 Å². The van der Waals surface area contributed by atoms with Crippen LogP contribution < -0.4 is 5.32 Å². The summed E-state index contributed by atoms with van der Waals surface area (Å²) in [6.07, 6.45) is 58.6. The average Bonchev–Trinajstić information content (AvgIpc) is 3.49. The van der Waals surface area contributed by atoms with Crippen LogP contribution in [-0.2, 0) is 23.8 Å². The van der Waals surface area contributed by atoms with E-state index >= 15 is 0 Å². The topological polar surface area (TPSA) is 175 Å². The highest BCUT2D eigenvalue weighted by Crippen LogP contribution is 2.26. The third-order valence-electron chi connectivity index (χ3n) is 15.7. The molecule has 462 valence electrons. The molecule has 79 heavy (non-hydrogen) atoms. The van der Waals surface area contributed by atoms with E-state index in [9.17, 15) is 35.1 Å². The molecule has 1 heterocycles. The van der Waals surface area contributed by atoms with E-state index in [1.807, 2.05) is 6.08 Å². The summed E-state index contributed by atoms with van der Waals surface area (Å²) >= 11 is 0. The number of hydrogen-bond donors (Lipinski definition) is 6. The maximum Gasteiger partial charge on any atom is 0.306 e. The number of ether oxygens (including phenoxy) is 3. The average molecular weight is 1120 g/mol. The second-order valence-electron chi connectivity index (χ2n) is 23.2. The van der Waals surface area contributed by atoms with Crippen molar-refractivity contribution in [3.8, 4) is 0 Å². The monoisotopic (exact) mass is 1120 g/mol. The minimum Gasteiger partial charge on any atom is -0.454 e. The number of aliphatic hydroxyl groups excluding tert-OH is 5. The third kappa shape index (κ3) is 43.9. The van der Waals surface area contributed by atoms with Gasteiger partial charge in [0.2, 0.25) is 5.91 Å². The first kappa shape index (κ1) is 74.6. The Hall–Kier alpha value is -2.38. The zero-order valence-electron chi connectivity index (χ0n) is 51.2. The lowest BCUT2D eigenvalue weighted by Gasteiger charge is -2.41. The summed E-state index contributed by atoms with van der Waals surface area (Å²) in [6, 6.07) is -1.03. The Bertz CT molecular complexity index is 1470. The molecule has 8 atom stereocenters. The van der Waals surface area contributed by atoms with Crippen LogP contribution >= 0.6 is 0 Å². The highest BCUT2D eigenvalue weighted by atomic mass is 16.7. The highest BCUT2D eigenvalue weighted by Gasteiger charge is 2.47. The van der Waals surface area contributed by atoms with Gasteiger partial charge in [0.15, 0.2) is 12.4 Å². The zero-order valence-corrected chi connectivity index (χ0v) is 51.2. The molecule has 0 aliphatic carbocycles. The molecule has 6 N–H and O–H groups in total. The molecule has 1 amide bonds. The molecule has 11 heteroatoms. The van der Waals surface area contributed by atoms with Gasteiger partial charge in [0.05, 0.1) is 25.4 Å². The van der Waals surface area contributed by atoms with Crippen LogP contribution in [0.1, 0.15) is 310 Å². The van der Waals surface area contributed by atoms with Crippen LogP contribution in [0.4, 0.5) is 0 Å². The van der Waals surface area contributed by atoms with Crippen molar-refractivity contribution >= 4 is 11.9 Å². The summed E-state index contributed by atoms with van der Waals surface area (Å²) in [4.78, 5) is 26.6. The summed E-state index contributed by atoms with van der Waals surface area (Å²) < 4.78 is 17.7. The summed E-state index contributed by atoms with van der Waals surface area (Å²) in [7, 11) is 0. The molecule has 8 unspecified atom stereocenters. The number of allylic oxidation sites excluding steroid dienone is 7. The minimum absolute atomic E-state index is 0.123. The van der Waals surface area contributed by atoms with Crippen LogP contribution in [0.5, 0.6) is 0 Å². The summed E-state index contributed by atoms with van der Waals surface area (Å²) in [6.45, 7) is 5.79. The molecule has 0 aromatic carbocycles. The molecule has 0 radical (unpaired) electrons. The van der Waals surface area contributed by atoms with Gasteiger partial charge in [-0.05, 0) is 83.5 Å². The van der Waals surface area contributed by atoms with Crippen molar-refractivity contribution in [2.75, 3.05) is 13.2 Å². The maximum absolute atomic E-state index is 13.4. The van der Waals surface area contributed by atoms with Gasteiger partial charge in [-0.25, -0.2) is 0 Å². The Morgan fingerprint density at radius 1 is 0.494 bits per heavy atom. The number of nitrogens with one attached hydrogen (secondary N) is 1. The quantitative estimate of drug-likeness (QED) is 0.0195. The number of carbonyl (C=O) groups is 2. The standard InChI is InChI=1S/C68H125NO10/c1-4-7-10-13-16-19-22-25-27-29-30-31-32-33-35-38-41-44-47-50-53-56-63(73)79-66-65(75)64(74)62(57-70)78-68(66)77-58-59(60(71)54-51-48-45-42-39-36-24-21-18-15-12-9-6-3)69-67(76)61(72)55-52-49-46-43-40-37-34-28-26-23-20-17-14-11-8-5-2/h17,20,25-28,51,54,59-62,64-66,68,70-72,74-75H,4-16,18-19,21-24,29-50,52-53,55-58H2,1-3H3,(H,69,76)/b20-17-,27-25+,28-26-,54-51+. The summed E-state index contributed by atoms with van der Waals surface area (Å²) in [5.41, 5.74) is 0. The number of carbonyl (C=O) groups excluding carboxylic acids is 2. The van der Waals surface area contributed by atoms with Crippen molar-refractivity contribution in [2.24, 2.45) is 0 Å². The minimum atomic E-state index is -1.61. The van der Waals surface area contributed by atoms with Gasteiger partial charge in [-0.1, -0.05) is 268 Å². The predicted molar refractivity (Wildman–Crippen MR) is 329 cm³/mol. The molecule has 1 rings (SSSR count). The molecule has 1 aliphatic heterocycles. The Morgan fingerprint density at radius 2 is 0.873 bits per heavy atom. The first-order valence-electron chi connectivity index (χ1n) is 33.4. The Labute approximate surface area is 485 Å². The van der Waals surface area contributed by atoms with Crippen molar-refractivity contribution < 1.29 is 49.3 Å². The SMILES string of the molecule is CCCCC/C=C\C/C=C\CCCCCCCCC(O)C(=O)NC(COC1OC(CO)C(O)C(O)C1OC(=O)CCCCCCCCCCCCC/C=C/CCCCCCCC)C(O)/C=C/CCCCCCCCCCCCC. The Kier molecular flexibility index (Phi) is 53.0. The van der Waals surface area contributed by atoms with E-state index in [1.165, 1.54) is 180 Å². The summed E-state index contributed by atoms with van der Waals surface area (Å²) in [5, 5.41) is 57.1. The van der Waals surface area contributed by atoms with E-state index in [-0.39, 0.29) is 19.4 Å². The van der Waals surface area contributed by atoms with Crippen LogP contribution in [0.3, 0.4) is 0 Å². The molecule has 1 fully saturated rings. The van der Waals surface area contributed by atoms with Crippen LogP contribution in [0.15, 0.2) is 48.6 Å². The van der Waals surface area contributed by atoms with Gasteiger partial charge >= 0.3 is 5.97 Å². The molecule has 0 aromatic heterocycles. The van der Waals surface area contributed by atoms with E-state index in [2.05, 4.69) is 62.5 Å². The lowest BCUT2D eigenvalue weighted by atomic mass is 9.99. The van der Waals surface area contributed by atoms with Gasteiger partial charge in [0.25, 0.3) is 0 Å². The van der Waals surface area contributed by atoms with Gasteiger partial charge in [-0.3, -0.25) is 9.59 Å². The van der Waals surface area contributed by atoms with Crippen LogP contribution in [0, 0.1) is 0 Å². The zero-order chi connectivity index (χ0) is 57.5. The number of unbranched alkanes of at least 4 members (excludes halogenated alkanes) is 37. The van der Waals surface area contributed by atoms with E-state index in [1.54, 1.807) is 6.08 Å². The van der Waals surface area contributed by atoms with Gasteiger partial charge in [-0.2, -0.15) is 0 Å². The van der Waals surface area contributed by atoms with E-state index in [0.717, 1.165) is 83.5 Å². The van der Waals surface area contributed by atoms with Crippen LogP contribution in [-0.4, -0.2) is 99.6 Å². The van der Waals surface area contributed by atoms with Crippen molar-refractivity contribution in [1.29, 1.82) is 0 Å².